The van der Waals surface area contributed by atoms with Gasteiger partial charge in [0.2, 0.25) is 5.91 Å². The summed E-state index contributed by atoms with van der Waals surface area (Å²) in [4.78, 5) is 17.7. The number of nitrogens with one attached hydrogen (secondary N) is 2. The quantitative estimate of drug-likeness (QED) is 0.303. The molecule has 0 radical (unpaired) electrons. The van der Waals surface area contributed by atoms with Crippen molar-refractivity contribution in [3.8, 4) is 0 Å². The fourth-order valence-electron chi connectivity index (χ4n) is 2.96. The average molecular weight is 507 g/mol. The number of hydrogen-bond donors (Lipinski definition) is 2. The van der Waals surface area contributed by atoms with Gasteiger partial charge in [0.15, 0.2) is 11.7 Å². The van der Waals surface area contributed by atoms with Gasteiger partial charge in [0, 0.05) is 39.2 Å². The van der Waals surface area contributed by atoms with Gasteiger partial charge in [0.25, 0.3) is 0 Å². The van der Waals surface area contributed by atoms with Crippen molar-refractivity contribution in [3.63, 3.8) is 0 Å². The number of guanidine groups is 1. The predicted molar refractivity (Wildman–Crippen MR) is 120 cm³/mol. The first kappa shape index (κ1) is 24.7. The van der Waals surface area contributed by atoms with Gasteiger partial charge in [-0.3, -0.25) is 4.79 Å². The lowest BCUT2D eigenvalue weighted by atomic mass is 9.99. The SMILES string of the molecule is CCC(CC)c1cc(CNC(=NCC(=O)N(C)C)NCC2CCCO2)on1.I. The number of amides is 1. The molecule has 0 aromatic carbocycles. The van der Waals surface area contributed by atoms with Gasteiger partial charge in [-0.2, -0.15) is 0 Å². The number of ether oxygens (including phenoxy) is 1. The molecular formula is C19H34IN5O3. The Bertz CT molecular complexity index is 610. The predicted octanol–water partition coefficient (Wildman–Crippen LogP) is 2.50. The van der Waals surface area contributed by atoms with Crippen molar-refractivity contribution in [1.82, 2.24) is 20.7 Å². The number of likely N-dealkylation sites (N-methyl/N-ethyl adjacent to an activating group) is 1. The molecule has 8 nitrogen and oxygen atoms in total. The van der Waals surface area contributed by atoms with Crippen LogP contribution in [0.25, 0.3) is 0 Å². The summed E-state index contributed by atoms with van der Waals surface area (Å²) < 4.78 is 11.1. The van der Waals surface area contributed by atoms with Crippen molar-refractivity contribution in [1.29, 1.82) is 0 Å². The molecule has 1 atom stereocenters. The zero-order chi connectivity index (χ0) is 19.6. The minimum Gasteiger partial charge on any atom is -0.376 e. The largest absolute Gasteiger partial charge is 0.376 e. The van der Waals surface area contributed by atoms with Gasteiger partial charge in [-0.1, -0.05) is 19.0 Å². The maximum absolute atomic E-state index is 11.8. The molecule has 2 rings (SSSR count). The van der Waals surface area contributed by atoms with Gasteiger partial charge in [-0.05, 0) is 25.7 Å². The van der Waals surface area contributed by atoms with Crippen LogP contribution in [0.15, 0.2) is 15.6 Å². The van der Waals surface area contributed by atoms with Crippen LogP contribution in [0, 0.1) is 0 Å². The van der Waals surface area contributed by atoms with E-state index in [1.54, 1.807) is 14.1 Å². The molecule has 1 aliphatic rings. The van der Waals surface area contributed by atoms with Crippen molar-refractivity contribution in [2.75, 3.05) is 33.8 Å². The van der Waals surface area contributed by atoms with Gasteiger partial charge in [0.05, 0.1) is 18.3 Å². The number of nitrogens with zero attached hydrogens (tertiary/aromatic N) is 3. The Morgan fingerprint density at radius 2 is 2.11 bits per heavy atom. The van der Waals surface area contributed by atoms with E-state index in [0.717, 1.165) is 43.7 Å². The van der Waals surface area contributed by atoms with Crippen LogP contribution in [0.2, 0.25) is 0 Å². The molecular weight excluding hydrogens is 473 g/mol. The van der Waals surface area contributed by atoms with Crippen molar-refractivity contribution < 1.29 is 14.1 Å². The molecule has 1 aliphatic heterocycles. The Balaban J connectivity index is 0.00000392. The van der Waals surface area contributed by atoms with E-state index in [9.17, 15) is 4.79 Å². The summed E-state index contributed by atoms with van der Waals surface area (Å²) in [7, 11) is 3.44. The molecule has 9 heteroatoms. The van der Waals surface area contributed by atoms with Crippen molar-refractivity contribution >= 4 is 35.8 Å². The molecule has 0 bridgehead atoms. The third-order valence-corrected chi connectivity index (χ3v) is 4.80. The zero-order valence-electron chi connectivity index (χ0n) is 17.4. The van der Waals surface area contributed by atoms with Crippen molar-refractivity contribution in [2.24, 2.45) is 4.99 Å². The summed E-state index contributed by atoms with van der Waals surface area (Å²) in [6.45, 7) is 6.33. The lowest BCUT2D eigenvalue weighted by molar-refractivity contribution is -0.127. The number of aromatic nitrogens is 1. The van der Waals surface area contributed by atoms with Gasteiger partial charge in [-0.25, -0.2) is 4.99 Å². The number of aliphatic imine (C=N–C) groups is 1. The van der Waals surface area contributed by atoms with Crippen LogP contribution in [0.1, 0.15) is 56.9 Å². The molecule has 1 aromatic rings. The Morgan fingerprint density at radius 3 is 2.71 bits per heavy atom. The van der Waals surface area contributed by atoms with Gasteiger partial charge in [0.1, 0.15) is 6.54 Å². The van der Waals surface area contributed by atoms with E-state index in [4.69, 9.17) is 9.26 Å². The second-order valence-corrected chi connectivity index (χ2v) is 7.05. The van der Waals surface area contributed by atoms with E-state index < -0.39 is 0 Å². The Morgan fingerprint density at radius 1 is 1.36 bits per heavy atom. The third kappa shape index (κ3) is 7.94. The average Bonchev–Trinajstić information content (AvgIpc) is 3.34. The molecule has 1 amide bonds. The van der Waals surface area contributed by atoms with E-state index in [0.29, 0.717) is 25.0 Å². The summed E-state index contributed by atoms with van der Waals surface area (Å²) in [6.07, 6.45) is 4.39. The number of rotatable bonds is 9. The van der Waals surface area contributed by atoms with Gasteiger partial charge >= 0.3 is 0 Å². The van der Waals surface area contributed by atoms with Crippen LogP contribution in [0.5, 0.6) is 0 Å². The minimum absolute atomic E-state index is 0. The lowest BCUT2D eigenvalue weighted by Gasteiger charge is -2.15. The number of carbonyl (C=O) groups is 1. The topological polar surface area (TPSA) is 92.0 Å². The van der Waals surface area contributed by atoms with Gasteiger partial charge < -0.3 is 24.8 Å². The van der Waals surface area contributed by atoms with Crippen molar-refractivity contribution in [2.45, 2.75) is 58.1 Å². The molecule has 1 saturated heterocycles. The standard InChI is InChI=1S/C19H33N5O3.HI/c1-5-14(6-2)17-10-16(27-23-17)12-21-19(22-13-18(25)24(3)4)20-11-15-8-7-9-26-15;/h10,14-15H,5-9,11-13H2,1-4H3,(H2,20,21,22);1H. The summed E-state index contributed by atoms with van der Waals surface area (Å²) >= 11 is 0. The van der Waals surface area contributed by atoms with Crippen LogP contribution in [0.4, 0.5) is 0 Å². The maximum atomic E-state index is 11.8. The first-order valence-corrected chi connectivity index (χ1v) is 9.82. The monoisotopic (exact) mass is 507 g/mol. The summed E-state index contributed by atoms with van der Waals surface area (Å²) in [5.41, 5.74) is 0.991. The van der Waals surface area contributed by atoms with E-state index in [1.807, 2.05) is 6.07 Å². The second kappa shape index (κ2) is 13.0. The highest BCUT2D eigenvalue weighted by atomic mass is 127. The smallest absolute Gasteiger partial charge is 0.243 e. The highest BCUT2D eigenvalue weighted by Gasteiger charge is 2.17. The van der Waals surface area contributed by atoms with E-state index in [1.165, 1.54) is 4.90 Å². The van der Waals surface area contributed by atoms with Crippen LogP contribution in [-0.4, -0.2) is 61.8 Å². The molecule has 2 heterocycles. The Hall–Kier alpha value is -1.36. The fourth-order valence-corrected chi connectivity index (χ4v) is 2.96. The minimum atomic E-state index is -0.0519. The van der Waals surface area contributed by atoms with Gasteiger partial charge in [-0.15, -0.1) is 24.0 Å². The first-order valence-electron chi connectivity index (χ1n) is 9.82. The summed E-state index contributed by atoms with van der Waals surface area (Å²) in [6, 6.07) is 1.99. The molecule has 0 aliphatic carbocycles. The van der Waals surface area contributed by atoms with Crippen LogP contribution >= 0.6 is 24.0 Å². The van der Waals surface area contributed by atoms with Crippen LogP contribution < -0.4 is 10.6 Å². The Kier molecular flexibility index (Phi) is 11.4. The van der Waals surface area contributed by atoms with Crippen molar-refractivity contribution in [3.05, 3.63) is 17.5 Å². The number of carbonyl (C=O) groups excluding carboxylic acids is 1. The Labute approximate surface area is 184 Å². The number of hydrogen-bond acceptors (Lipinski definition) is 5. The molecule has 1 fully saturated rings. The third-order valence-electron chi connectivity index (χ3n) is 4.80. The zero-order valence-corrected chi connectivity index (χ0v) is 19.7. The van der Waals surface area contributed by atoms with E-state index >= 15 is 0 Å². The molecule has 0 saturated carbocycles. The second-order valence-electron chi connectivity index (χ2n) is 7.05. The number of halogens is 1. The molecule has 28 heavy (non-hydrogen) atoms. The summed E-state index contributed by atoms with van der Waals surface area (Å²) in [5, 5.41) is 10.7. The van der Waals surface area contributed by atoms with E-state index in [2.05, 4.69) is 34.6 Å². The van der Waals surface area contributed by atoms with Crippen LogP contribution in [0.3, 0.4) is 0 Å². The van der Waals surface area contributed by atoms with E-state index in [-0.39, 0.29) is 42.5 Å². The fraction of sp³-hybridized carbons (Fsp3) is 0.737. The lowest BCUT2D eigenvalue weighted by Crippen LogP contribution is -2.41. The maximum Gasteiger partial charge on any atom is 0.243 e. The first-order chi connectivity index (χ1) is 13.0. The molecule has 1 unspecified atom stereocenters. The molecule has 2 N–H and O–H groups in total. The molecule has 1 aromatic heterocycles. The normalized spacial score (nSPS) is 16.8. The van der Waals surface area contributed by atoms with Crippen LogP contribution in [-0.2, 0) is 16.1 Å². The summed E-state index contributed by atoms with van der Waals surface area (Å²) in [5.74, 6) is 1.69. The molecule has 160 valence electrons. The molecule has 0 spiro atoms. The highest BCUT2D eigenvalue weighted by Crippen LogP contribution is 2.22. The highest BCUT2D eigenvalue weighted by molar-refractivity contribution is 14.0.